The fourth-order valence-electron chi connectivity index (χ4n) is 2.31. The van der Waals surface area contributed by atoms with Crippen LogP contribution in [0.1, 0.15) is 25.0 Å². The first-order valence-electron chi connectivity index (χ1n) is 6.06. The van der Waals surface area contributed by atoms with E-state index in [-0.39, 0.29) is 6.10 Å². The summed E-state index contributed by atoms with van der Waals surface area (Å²) in [6.07, 6.45) is 2.71. The zero-order valence-electron chi connectivity index (χ0n) is 11.3. The van der Waals surface area contributed by atoms with Crippen LogP contribution in [0, 0.1) is 0 Å². The molecule has 0 aromatic heterocycles. The van der Waals surface area contributed by atoms with Gasteiger partial charge in [0.25, 0.3) is 0 Å². The van der Waals surface area contributed by atoms with Gasteiger partial charge in [-0.2, -0.15) is 0 Å². The summed E-state index contributed by atoms with van der Waals surface area (Å²) in [5.41, 5.74) is 3.30. The monoisotopic (exact) mass is 299 g/mol. The highest BCUT2D eigenvalue weighted by atomic mass is 35.5. The zero-order chi connectivity index (χ0) is 14.2. The van der Waals surface area contributed by atoms with Crippen LogP contribution in [0.25, 0.3) is 5.57 Å². The van der Waals surface area contributed by atoms with E-state index in [1.165, 1.54) is 0 Å². The lowest BCUT2D eigenvalue weighted by atomic mass is 10.0. The van der Waals surface area contributed by atoms with E-state index in [0.29, 0.717) is 0 Å². The van der Waals surface area contributed by atoms with Crippen LogP contribution in [0.4, 0.5) is 0 Å². The Balaban J connectivity index is 2.50. The van der Waals surface area contributed by atoms with Gasteiger partial charge in [-0.1, -0.05) is 23.7 Å². The number of ether oxygens (including phenoxy) is 1. The van der Waals surface area contributed by atoms with Gasteiger partial charge < -0.3 is 4.74 Å². The van der Waals surface area contributed by atoms with E-state index >= 15 is 0 Å². The molecule has 2 N–H and O–H groups in total. The lowest BCUT2D eigenvalue weighted by Gasteiger charge is -2.20. The molecule has 0 saturated heterocycles. The minimum absolute atomic E-state index is 0.0312. The van der Waals surface area contributed by atoms with Crippen LogP contribution in [0.2, 0.25) is 5.02 Å². The average molecular weight is 300 g/mol. The second-order valence-electron chi connectivity index (χ2n) is 5.23. The summed E-state index contributed by atoms with van der Waals surface area (Å²) < 4.78 is 16.5. The van der Waals surface area contributed by atoms with E-state index in [0.717, 1.165) is 28.1 Å². The van der Waals surface area contributed by atoms with Crippen LogP contribution < -0.4 is 5.14 Å². The van der Waals surface area contributed by atoms with Crippen LogP contribution in [0.15, 0.2) is 24.3 Å². The van der Waals surface area contributed by atoms with Crippen molar-refractivity contribution in [1.29, 1.82) is 0 Å². The van der Waals surface area contributed by atoms with Crippen molar-refractivity contribution in [1.82, 2.24) is 0 Å². The van der Waals surface area contributed by atoms with Crippen molar-refractivity contribution in [3.05, 3.63) is 40.4 Å². The summed E-state index contributed by atoms with van der Waals surface area (Å²) in [5, 5.41) is 6.26. The van der Waals surface area contributed by atoms with Crippen LogP contribution in [0.5, 0.6) is 0 Å². The van der Waals surface area contributed by atoms with Crippen LogP contribution in [-0.2, 0) is 22.1 Å². The average Bonchev–Trinajstić information content (AvgIpc) is 2.65. The summed E-state index contributed by atoms with van der Waals surface area (Å²) in [7, 11) is 0.251. The Hall–Kier alpha value is -0.680. The van der Waals surface area contributed by atoms with Crippen molar-refractivity contribution in [3.63, 3.8) is 0 Å². The lowest BCUT2D eigenvalue weighted by molar-refractivity contribution is 0.153. The summed E-state index contributed by atoms with van der Waals surface area (Å²) >= 11 is 6.02. The highest BCUT2D eigenvalue weighted by Gasteiger charge is 2.31. The molecule has 1 unspecified atom stereocenters. The molecular weight excluding hydrogens is 282 g/mol. The molecule has 0 radical (unpaired) electrons. The molecule has 1 aromatic rings. The Kier molecular flexibility index (Phi) is 4.16. The van der Waals surface area contributed by atoms with Gasteiger partial charge in [0, 0.05) is 18.6 Å². The minimum atomic E-state index is -1.43. The molecule has 1 aromatic carbocycles. The Labute approximate surface area is 121 Å². The molecule has 5 heteroatoms. The first-order chi connectivity index (χ1) is 8.85. The molecule has 0 fully saturated rings. The van der Waals surface area contributed by atoms with Gasteiger partial charge in [-0.3, -0.25) is 5.14 Å². The fraction of sp³-hybridized carbons (Fsp3) is 0.429. The van der Waals surface area contributed by atoms with Crippen molar-refractivity contribution >= 4 is 28.2 Å². The fourth-order valence-corrected chi connectivity index (χ4v) is 2.75. The highest BCUT2D eigenvalue weighted by Crippen LogP contribution is 2.37. The van der Waals surface area contributed by atoms with Gasteiger partial charge in [0.15, 0.2) is 0 Å². The SMILES string of the molecule is CO[C@H]1Cc2cc(Cl)ccc2C1=CC(C)(C)S(N)=O. The largest absolute Gasteiger partial charge is 0.376 e. The second kappa shape index (κ2) is 5.37. The van der Waals surface area contributed by atoms with E-state index in [4.69, 9.17) is 21.5 Å². The number of rotatable bonds is 3. The molecule has 3 nitrogen and oxygen atoms in total. The van der Waals surface area contributed by atoms with Gasteiger partial charge in [-0.05, 0) is 42.7 Å². The zero-order valence-corrected chi connectivity index (χ0v) is 12.8. The third-order valence-corrected chi connectivity index (χ3v) is 4.83. The Morgan fingerprint density at radius 3 is 2.79 bits per heavy atom. The van der Waals surface area contributed by atoms with Gasteiger partial charge in [0.05, 0.1) is 21.8 Å². The minimum Gasteiger partial charge on any atom is -0.376 e. The molecule has 1 aliphatic carbocycles. The summed E-state index contributed by atoms with van der Waals surface area (Å²) in [6.45, 7) is 3.72. The van der Waals surface area contributed by atoms with Gasteiger partial charge in [0.2, 0.25) is 0 Å². The number of hydrogen-bond acceptors (Lipinski definition) is 2. The molecule has 19 heavy (non-hydrogen) atoms. The molecular formula is C14H18ClNO2S. The lowest BCUT2D eigenvalue weighted by Crippen LogP contribution is -2.30. The number of nitrogens with two attached hydrogens (primary N) is 1. The quantitative estimate of drug-likeness (QED) is 0.933. The molecule has 0 heterocycles. The second-order valence-corrected chi connectivity index (χ2v) is 7.31. The highest BCUT2D eigenvalue weighted by molar-refractivity contribution is 7.84. The molecule has 0 saturated carbocycles. The van der Waals surface area contributed by atoms with Crippen molar-refractivity contribution in [2.24, 2.45) is 5.14 Å². The normalized spacial score (nSPS) is 22.6. The van der Waals surface area contributed by atoms with Gasteiger partial charge in [-0.25, -0.2) is 4.21 Å². The van der Waals surface area contributed by atoms with E-state index in [1.54, 1.807) is 7.11 Å². The van der Waals surface area contributed by atoms with Crippen molar-refractivity contribution < 1.29 is 8.95 Å². The Morgan fingerprint density at radius 1 is 1.53 bits per heavy atom. The summed E-state index contributed by atoms with van der Waals surface area (Å²) in [6, 6.07) is 5.80. The first-order valence-corrected chi connectivity index (χ1v) is 7.65. The molecule has 104 valence electrons. The molecule has 0 spiro atoms. The number of fused-ring (bicyclic) bond motifs is 1. The van der Waals surface area contributed by atoms with E-state index < -0.39 is 15.7 Å². The molecule has 0 bridgehead atoms. The van der Waals surface area contributed by atoms with Gasteiger partial charge in [-0.15, -0.1) is 0 Å². The first kappa shape index (κ1) is 14.7. The van der Waals surface area contributed by atoms with Crippen molar-refractivity contribution in [3.8, 4) is 0 Å². The van der Waals surface area contributed by atoms with Crippen molar-refractivity contribution in [2.45, 2.75) is 31.1 Å². The van der Waals surface area contributed by atoms with Crippen LogP contribution >= 0.6 is 11.6 Å². The number of methoxy groups -OCH3 is 1. The van der Waals surface area contributed by atoms with Gasteiger partial charge >= 0.3 is 0 Å². The van der Waals surface area contributed by atoms with Gasteiger partial charge in [0.1, 0.15) is 0 Å². The summed E-state index contributed by atoms with van der Waals surface area (Å²) in [5.74, 6) is 0. The molecule has 2 atom stereocenters. The van der Waals surface area contributed by atoms with E-state index in [9.17, 15) is 4.21 Å². The molecule has 0 amide bonds. The maximum atomic E-state index is 11.6. The smallest absolute Gasteiger partial charge is 0.0984 e. The Morgan fingerprint density at radius 2 is 2.21 bits per heavy atom. The standard InChI is InChI=1S/C14H18ClNO2S/c1-14(2,19(16)17)8-12-11-5-4-10(15)6-9(11)7-13(12)18-3/h4-6,8,13H,7,16H2,1-3H3/t13-,19?/m0/s1. The molecule has 1 aliphatic rings. The maximum absolute atomic E-state index is 11.6. The van der Waals surface area contributed by atoms with Crippen LogP contribution in [0.3, 0.4) is 0 Å². The number of hydrogen-bond donors (Lipinski definition) is 1. The van der Waals surface area contributed by atoms with E-state index in [1.807, 2.05) is 38.1 Å². The predicted octanol–water partition coefficient (Wildman–Crippen LogP) is 2.70. The molecule has 2 rings (SSSR count). The number of benzene rings is 1. The third kappa shape index (κ3) is 2.92. The maximum Gasteiger partial charge on any atom is 0.0984 e. The molecule has 0 aliphatic heterocycles. The summed E-state index contributed by atoms with van der Waals surface area (Å²) in [4.78, 5) is 0. The third-order valence-electron chi connectivity index (χ3n) is 3.44. The number of halogens is 1. The Bertz CT molecular complexity index is 554. The topological polar surface area (TPSA) is 52.3 Å². The van der Waals surface area contributed by atoms with Crippen molar-refractivity contribution in [2.75, 3.05) is 7.11 Å². The van der Waals surface area contributed by atoms with E-state index in [2.05, 4.69) is 0 Å². The predicted molar refractivity (Wildman–Crippen MR) is 80.3 cm³/mol. The van der Waals surface area contributed by atoms with Crippen LogP contribution in [-0.4, -0.2) is 22.2 Å².